The summed E-state index contributed by atoms with van der Waals surface area (Å²) in [6.45, 7) is 10.1. The topological polar surface area (TPSA) is 98.0 Å². The van der Waals surface area contributed by atoms with Crippen molar-refractivity contribution < 1.29 is 25.2 Å². The molecule has 28 heavy (non-hydrogen) atoms. The number of aliphatic carboxylic acids is 1. The third kappa shape index (κ3) is 7.61. The molecule has 0 amide bonds. The molecule has 1 aromatic rings. The van der Waals surface area contributed by atoms with E-state index in [-0.39, 0.29) is 22.7 Å². The van der Waals surface area contributed by atoms with Crippen LogP contribution in [0.4, 0.5) is 0 Å². The average Bonchev–Trinajstić information content (AvgIpc) is 2.56. The second-order valence-electron chi connectivity index (χ2n) is 9.74. The Morgan fingerprint density at radius 2 is 1.32 bits per heavy atom. The van der Waals surface area contributed by atoms with Crippen molar-refractivity contribution in [2.24, 2.45) is 10.8 Å². The van der Waals surface area contributed by atoms with Gasteiger partial charge < -0.3 is 20.4 Å². The monoisotopic (exact) mass is 394 g/mol. The molecule has 0 aliphatic heterocycles. The molecule has 0 aliphatic rings. The lowest BCUT2D eigenvalue weighted by atomic mass is 9.86. The van der Waals surface area contributed by atoms with E-state index in [1.165, 1.54) is 6.07 Å². The number of hydrogen-bond acceptors (Lipinski definition) is 4. The Kier molecular flexibility index (Phi) is 8.65. The van der Waals surface area contributed by atoms with Crippen LogP contribution in [0.5, 0.6) is 17.2 Å². The fourth-order valence-corrected chi connectivity index (χ4v) is 3.39. The number of phenols is 3. The molecule has 160 valence electrons. The summed E-state index contributed by atoms with van der Waals surface area (Å²) in [5.41, 5.74) is 0.869. The Labute approximate surface area is 169 Å². The van der Waals surface area contributed by atoms with Gasteiger partial charge in [0.1, 0.15) is 5.75 Å². The van der Waals surface area contributed by atoms with E-state index in [0.29, 0.717) is 30.4 Å². The van der Waals surface area contributed by atoms with Gasteiger partial charge in [-0.2, -0.15) is 0 Å². The molecule has 0 saturated heterocycles. The van der Waals surface area contributed by atoms with Crippen LogP contribution in [-0.2, 0) is 17.6 Å². The largest absolute Gasteiger partial charge is 0.508 e. The Morgan fingerprint density at radius 1 is 0.786 bits per heavy atom. The summed E-state index contributed by atoms with van der Waals surface area (Å²) in [4.78, 5) is 11.2. The van der Waals surface area contributed by atoms with Gasteiger partial charge in [-0.15, -0.1) is 0 Å². The van der Waals surface area contributed by atoms with Gasteiger partial charge in [-0.05, 0) is 57.8 Å². The molecule has 0 fully saturated rings. The standard InChI is InChI=1S/C23H38O5/c1-22(2,3)13-10-8-12-17-16(18(24)15-19(25)20(17)26)11-7-6-9-14-23(4,5)21(27)28/h15,24-26H,6-14H2,1-5H3,(H,27,28). The fraction of sp³-hybridized carbons (Fsp3) is 0.696. The van der Waals surface area contributed by atoms with E-state index in [4.69, 9.17) is 0 Å². The highest BCUT2D eigenvalue weighted by molar-refractivity contribution is 5.73. The summed E-state index contributed by atoms with van der Waals surface area (Å²) in [5.74, 6) is -1.18. The molecule has 0 aliphatic carbocycles. The lowest BCUT2D eigenvalue weighted by molar-refractivity contribution is -0.147. The average molecular weight is 395 g/mol. The molecule has 0 unspecified atom stereocenters. The highest BCUT2D eigenvalue weighted by Gasteiger charge is 2.26. The van der Waals surface area contributed by atoms with Gasteiger partial charge in [0.05, 0.1) is 5.41 Å². The van der Waals surface area contributed by atoms with Crippen LogP contribution in [0.2, 0.25) is 0 Å². The maximum absolute atomic E-state index is 11.2. The predicted octanol–water partition coefficient (Wildman–Crippen LogP) is 5.78. The molecule has 5 nitrogen and oxygen atoms in total. The molecule has 1 rings (SSSR count). The lowest BCUT2D eigenvalue weighted by Crippen LogP contribution is -2.23. The van der Waals surface area contributed by atoms with Crippen molar-refractivity contribution in [3.8, 4) is 17.2 Å². The molecule has 4 N–H and O–H groups in total. The number of carboxylic acid groups (broad SMARTS) is 1. The first-order chi connectivity index (χ1) is 12.8. The van der Waals surface area contributed by atoms with Crippen LogP contribution in [0.3, 0.4) is 0 Å². The Balaban J connectivity index is 2.69. The van der Waals surface area contributed by atoms with Gasteiger partial charge in [-0.1, -0.05) is 40.0 Å². The van der Waals surface area contributed by atoms with Gasteiger partial charge in [-0.25, -0.2) is 0 Å². The molecule has 0 aromatic heterocycles. The maximum atomic E-state index is 11.2. The number of benzene rings is 1. The summed E-state index contributed by atoms with van der Waals surface area (Å²) in [7, 11) is 0. The molecule has 0 spiro atoms. The van der Waals surface area contributed by atoms with Crippen molar-refractivity contribution in [1.82, 2.24) is 0 Å². The first-order valence-electron chi connectivity index (χ1n) is 10.3. The van der Waals surface area contributed by atoms with E-state index < -0.39 is 11.4 Å². The smallest absolute Gasteiger partial charge is 0.309 e. The Morgan fingerprint density at radius 3 is 1.89 bits per heavy atom. The highest BCUT2D eigenvalue weighted by Crippen LogP contribution is 2.39. The third-order valence-corrected chi connectivity index (χ3v) is 5.39. The molecule has 0 radical (unpaired) electrons. The summed E-state index contributed by atoms with van der Waals surface area (Å²) in [6.07, 6.45) is 7.24. The van der Waals surface area contributed by atoms with Crippen molar-refractivity contribution in [3.63, 3.8) is 0 Å². The Bertz CT molecular complexity index is 656. The normalized spacial score (nSPS) is 12.3. The molecular formula is C23H38O5. The first-order valence-corrected chi connectivity index (χ1v) is 10.3. The minimum Gasteiger partial charge on any atom is -0.508 e. The molecule has 0 atom stereocenters. The van der Waals surface area contributed by atoms with Crippen LogP contribution in [0, 0.1) is 10.8 Å². The fourth-order valence-electron chi connectivity index (χ4n) is 3.39. The number of rotatable bonds is 11. The van der Waals surface area contributed by atoms with Crippen LogP contribution in [0.25, 0.3) is 0 Å². The predicted molar refractivity (Wildman–Crippen MR) is 112 cm³/mol. The van der Waals surface area contributed by atoms with Crippen LogP contribution in [0.1, 0.15) is 90.7 Å². The summed E-state index contributed by atoms with van der Waals surface area (Å²) in [5, 5.41) is 39.6. The van der Waals surface area contributed by atoms with Crippen molar-refractivity contribution in [3.05, 3.63) is 17.2 Å². The van der Waals surface area contributed by atoms with E-state index in [1.54, 1.807) is 13.8 Å². The summed E-state index contributed by atoms with van der Waals surface area (Å²) < 4.78 is 0. The summed E-state index contributed by atoms with van der Waals surface area (Å²) >= 11 is 0. The first kappa shape index (κ1) is 24.1. The molecule has 1 aromatic carbocycles. The van der Waals surface area contributed by atoms with Gasteiger partial charge in [0.15, 0.2) is 11.5 Å². The van der Waals surface area contributed by atoms with Crippen molar-refractivity contribution in [1.29, 1.82) is 0 Å². The highest BCUT2D eigenvalue weighted by atomic mass is 16.4. The van der Waals surface area contributed by atoms with Crippen LogP contribution >= 0.6 is 0 Å². The summed E-state index contributed by atoms with van der Waals surface area (Å²) in [6, 6.07) is 1.21. The number of hydrogen-bond donors (Lipinski definition) is 4. The minimum absolute atomic E-state index is 0.0204. The zero-order valence-corrected chi connectivity index (χ0v) is 18.1. The van der Waals surface area contributed by atoms with E-state index >= 15 is 0 Å². The van der Waals surface area contributed by atoms with E-state index in [0.717, 1.165) is 38.5 Å². The second-order valence-corrected chi connectivity index (χ2v) is 9.74. The van der Waals surface area contributed by atoms with E-state index in [1.807, 2.05) is 0 Å². The molecule has 0 heterocycles. The maximum Gasteiger partial charge on any atom is 0.309 e. The SMILES string of the molecule is CC(C)(C)CCCCc1c(O)c(O)cc(O)c1CCCCCC(C)(C)C(=O)O. The quantitative estimate of drug-likeness (QED) is 0.217. The minimum atomic E-state index is -0.786. The van der Waals surface area contributed by atoms with Crippen molar-refractivity contribution in [2.45, 2.75) is 92.4 Å². The Hall–Kier alpha value is -1.91. The van der Waals surface area contributed by atoms with Crippen LogP contribution in [0.15, 0.2) is 6.07 Å². The number of aromatic hydroxyl groups is 3. The number of unbranched alkanes of at least 4 members (excludes halogenated alkanes) is 3. The molecule has 0 bridgehead atoms. The van der Waals surface area contributed by atoms with E-state index in [2.05, 4.69) is 20.8 Å². The van der Waals surface area contributed by atoms with Gasteiger partial charge in [0.25, 0.3) is 0 Å². The van der Waals surface area contributed by atoms with Gasteiger partial charge in [0, 0.05) is 17.2 Å². The number of carboxylic acids is 1. The van der Waals surface area contributed by atoms with Gasteiger partial charge in [-0.3, -0.25) is 4.79 Å². The van der Waals surface area contributed by atoms with Crippen LogP contribution < -0.4 is 0 Å². The van der Waals surface area contributed by atoms with Gasteiger partial charge >= 0.3 is 5.97 Å². The van der Waals surface area contributed by atoms with Crippen molar-refractivity contribution >= 4 is 5.97 Å². The molecular weight excluding hydrogens is 356 g/mol. The molecule has 5 heteroatoms. The van der Waals surface area contributed by atoms with Crippen molar-refractivity contribution in [2.75, 3.05) is 0 Å². The molecule has 0 saturated carbocycles. The third-order valence-electron chi connectivity index (χ3n) is 5.39. The van der Waals surface area contributed by atoms with E-state index in [9.17, 15) is 25.2 Å². The zero-order chi connectivity index (χ0) is 21.5. The van der Waals surface area contributed by atoms with Crippen LogP contribution in [-0.4, -0.2) is 26.4 Å². The number of carbonyl (C=O) groups is 1. The van der Waals surface area contributed by atoms with Gasteiger partial charge in [0.2, 0.25) is 0 Å². The number of phenolic OH excluding ortho intramolecular Hbond substituents is 3. The zero-order valence-electron chi connectivity index (χ0n) is 18.1. The lowest BCUT2D eigenvalue weighted by Gasteiger charge is -2.19. The second kappa shape index (κ2) is 10.0.